The zero-order chi connectivity index (χ0) is 13.8. The molecule has 102 valence electrons. The Kier molecular flexibility index (Phi) is 4.14. The van der Waals surface area contributed by atoms with Gasteiger partial charge >= 0.3 is 0 Å². The van der Waals surface area contributed by atoms with E-state index in [4.69, 9.17) is 0 Å². The molecule has 19 heavy (non-hydrogen) atoms. The fraction of sp³-hybridized carbons (Fsp3) is 0.500. The third kappa shape index (κ3) is 3.10. The molecule has 0 bridgehead atoms. The molecule has 5 nitrogen and oxygen atoms in total. The van der Waals surface area contributed by atoms with E-state index in [-0.39, 0.29) is 0 Å². The van der Waals surface area contributed by atoms with Gasteiger partial charge in [-0.2, -0.15) is 0 Å². The van der Waals surface area contributed by atoms with Gasteiger partial charge in [0.05, 0.1) is 5.69 Å². The van der Waals surface area contributed by atoms with Gasteiger partial charge in [-0.1, -0.05) is 26.8 Å². The highest BCUT2D eigenvalue weighted by Crippen LogP contribution is 2.22. The summed E-state index contributed by atoms with van der Waals surface area (Å²) in [5.41, 5.74) is 3.35. The molecule has 0 aliphatic carbocycles. The van der Waals surface area contributed by atoms with Crippen molar-refractivity contribution in [3.05, 3.63) is 30.1 Å². The molecular formula is C14H21N5. The summed E-state index contributed by atoms with van der Waals surface area (Å²) in [6.07, 6.45) is 2.71. The topological polar surface area (TPSA) is 55.6 Å². The molecule has 0 saturated heterocycles. The third-order valence-corrected chi connectivity index (χ3v) is 3.42. The summed E-state index contributed by atoms with van der Waals surface area (Å²) in [5, 5.41) is 14.9. The van der Waals surface area contributed by atoms with E-state index in [1.165, 1.54) is 5.56 Å². The number of benzene rings is 1. The van der Waals surface area contributed by atoms with Crippen LogP contribution in [0.25, 0.3) is 5.69 Å². The van der Waals surface area contributed by atoms with E-state index in [1.54, 1.807) is 11.0 Å². The molecule has 0 aliphatic rings. The summed E-state index contributed by atoms with van der Waals surface area (Å²) in [6.45, 7) is 8.79. The quantitative estimate of drug-likeness (QED) is 0.897. The van der Waals surface area contributed by atoms with Crippen molar-refractivity contribution >= 4 is 5.69 Å². The summed E-state index contributed by atoms with van der Waals surface area (Å²) < 4.78 is 1.67. The molecule has 1 unspecified atom stereocenters. The molecule has 1 atom stereocenters. The van der Waals surface area contributed by atoms with Crippen LogP contribution in [-0.2, 0) is 0 Å². The van der Waals surface area contributed by atoms with Gasteiger partial charge in [-0.05, 0) is 47.4 Å². The zero-order valence-corrected chi connectivity index (χ0v) is 12.0. The van der Waals surface area contributed by atoms with Gasteiger partial charge in [-0.15, -0.1) is 5.10 Å². The van der Waals surface area contributed by atoms with E-state index in [9.17, 15) is 0 Å². The number of rotatable bonds is 5. The van der Waals surface area contributed by atoms with E-state index in [0.717, 1.165) is 17.8 Å². The van der Waals surface area contributed by atoms with Gasteiger partial charge < -0.3 is 5.32 Å². The fourth-order valence-electron chi connectivity index (χ4n) is 2.13. The predicted molar refractivity (Wildman–Crippen MR) is 76.4 cm³/mol. The van der Waals surface area contributed by atoms with Crippen molar-refractivity contribution in [2.45, 2.75) is 40.2 Å². The standard InChI is InChI=1S/C14H21N5/c1-5-13(10(2)3)16-14-8-12(7-6-11(14)4)19-9-15-17-18-19/h6-10,13,16H,5H2,1-4H3. The number of anilines is 1. The number of nitrogens with one attached hydrogen (secondary N) is 1. The first kappa shape index (κ1) is 13.5. The van der Waals surface area contributed by atoms with Crippen molar-refractivity contribution < 1.29 is 0 Å². The third-order valence-electron chi connectivity index (χ3n) is 3.42. The number of hydrogen-bond donors (Lipinski definition) is 1. The van der Waals surface area contributed by atoms with E-state index < -0.39 is 0 Å². The summed E-state index contributed by atoms with van der Waals surface area (Å²) in [7, 11) is 0. The number of aryl methyl sites for hydroxylation is 1. The van der Waals surface area contributed by atoms with Crippen LogP contribution in [0.1, 0.15) is 32.8 Å². The molecule has 1 N–H and O–H groups in total. The highest BCUT2D eigenvalue weighted by atomic mass is 15.5. The summed E-state index contributed by atoms with van der Waals surface area (Å²) in [6, 6.07) is 6.68. The van der Waals surface area contributed by atoms with Crippen LogP contribution in [0.5, 0.6) is 0 Å². The minimum Gasteiger partial charge on any atom is -0.382 e. The SMILES string of the molecule is CCC(Nc1cc(-n2cnnn2)ccc1C)C(C)C. The van der Waals surface area contributed by atoms with Crippen LogP contribution >= 0.6 is 0 Å². The Morgan fingerprint density at radius 1 is 1.32 bits per heavy atom. The molecule has 1 aromatic carbocycles. The van der Waals surface area contributed by atoms with Crippen LogP contribution in [-0.4, -0.2) is 26.2 Å². The molecule has 1 heterocycles. The molecule has 0 saturated carbocycles. The van der Waals surface area contributed by atoms with Gasteiger partial charge in [-0.3, -0.25) is 0 Å². The van der Waals surface area contributed by atoms with E-state index in [1.807, 2.05) is 6.07 Å². The van der Waals surface area contributed by atoms with Crippen LogP contribution in [0.15, 0.2) is 24.5 Å². The Hall–Kier alpha value is -1.91. The highest BCUT2D eigenvalue weighted by Gasteiger charge is 2.12. The molecule has 0 aliphatic heterocycles. The molecule has 0 fully saturated rings. The highest BCUT2D eigenvalue weighted by molar-refractivity contribution is 5.57. The van der Waals surface area contributed by atoms with Gasteiger partial charge in [0.15, 0.2) is 0 Å². The molecule has 0 spiro atoms. The first-order valence-electron chi connectivity index (χ1n) is 6.72. The Bertz CT molecular complexity index is 519. The first-order chi connectivity index (χ1) is 9.11. The number of nitrogens with zero attached hydrogens (tertiary/aromatic N) is 4. The minimum atomic E-state index is 0.475. The average Bonchev–Trinajstić information content (AvgIpc) is 2.91. The van der Waals surface area contributed by atoms with Crippen LogP contribution in [0.4, 0.5) is 5.69 Å². The maximum absolute atomic E-state index is 3.92. The lowest BCUT2D eigenvalue weighted by molar-refractivity contribution is 0.511. The van der Waals surface area contributed by atoms with Crippen molar-refractivity contribution in [3.63, 3.8) is 0 Å². The average molecular weight is 259 g/mol. The maximum Gasteiger partial charge on any atom is 0.143 e. The summed E-state index contributed by atoms with van der Waals surface area (Å²) in [5.74, 6) is 0.598. The molecule has 5 heteroatoms. The van der Waals surface area contributed by atoms with Crippen LogP contribution < -0.4 is 5.32 Å². The summed E-state index contributed by atoms with van der Waals surface area (Å²) in [4.78, 5) is 0. The Morgan fingerprint density at radius 3 is 2.68 bits per heavy atom. The van der Waals surface area contributed by atoms with Gasteiger partial charge in [0.2, 0.25) is 0 Å². The predicted octanol–water partition coefficient (Wildman–Crippen LogP) is 2.82. The summed E-state index contributed by atoms with van der Waals surface area (Å²) >= 11 is 0. The van der Waals surface area contributed by atoms with Crippen molar-refractivity contribution in [1.82, 2.24) is 20.2 Å². The second kappa shape index (κ2) is 5.82. The van der Waals surface area contributed by atoms with E-state index in [2.05, 4.69) is 60.7 Å². The van der Waals surface area contributed by atoms with Gasteiger partial charge in [0, 0.05) is 11.7 Å². The largest absolute Gasteiger partial charge is 0.382 e. The lowest BCUT2D eigenvalue weighted by atomic mass is 10.0. The molecule has 0 radical (unpaired) electrons. The first-order valence-corrected chi connectivity index (χ1v) is 6.72. The van der Waals surface area contributed by atoms with Crippen molar-refractivity contribution in [2.75, 3.05) is 5.32 Å². The van der Waals surface area contributed by atoms with Crippen LogP contribution in [0.2, 0.25) is 0 Å². The second-order valence-corrected chi connectivity index (χ2v) is 5.16. The number of aromatic nitrogens is 4. The van der Waals surface area contributed by atoms with Crippen molar-refractivity contribution in [3.8, 4) is 5.69 Å². The normalized spacial score (nSPS) is 12.7. The lowest BCUT2D eigenvalue weighted by Gasteiger charge is -2.23. The molecule has 1 aromatic heterocycles. The fourth-order valence-corrected chi connectivity index (χ4v) is 2.13. The Morgan fingerprint density at radius 2 is 2.11 bits per heavy atom. The lowest BCUT2D eigenvalue weighted by Crippen LogP contribution is -2.25. The van der Waals surface area contributed by atoms with Crippen molar-refractivity contribution in [2.24, 2.45) is 5.92 Å². The van der Waals surface area contributed by atoms with Gasteiger partial charge in [0.1, 0.15) is 6.33 Å². The smallest absolute Gasteiger partial charge is 0.143 e. The van der Waals surface area contributed by atoms with E-state index in [0.29, 0.717) is 12.0 Å². The minimum absolute atomic E-state index is 0.475. The van der Waals surface area contributed by atoms with Gasteiger partial charge in [-0.25, -0.2) is 4.68 Å². The maximum atomic E-state index is 3.92. The molecule has 2 aromatic rings. The second-order valence-electron chi connectivity index (χ2n) is 5.16. The van der Waals surface area contributed by atoms with Crippen molar-refractivity contribution in [1.29, 1.82) is 0 Å². The van der Waals surface area contributed by atoms with Gasteiger partial charge in [0.25, 0.3) is 0 Å². The zero-order valence-electron chi connectivity index (χ0n) is 12.0. The number of hydrogen-bond acceptors (Lipinski definition) is 4. The van der Waals surface area contributed by atoms with Crippen LogP contribution in [0.3, 0.4) is 0 Å². The van der Waals surface area contributed by atoms with E-state index >= 15 is 0 Å². The van der Waals surface area contributed by atoms with Crippen LogP contribution in [0, 0.1) is 12.8 Å². The monoisotopic (exact) mass is 259 g/mol. The molecule has 0 amide bonds. The number of tetrazole rings is 1. The molecule has 2 rings (SSSR count). The Labute approximate surface area is 114 Å². The Balaban J connectivity index is 2.27. The molecular weight excluding hydrogens is 238 g/mol.